The van der Waals surface area contributed by atoms with E-state index < -0.39 is 23.4 Å². The van der Waals surface area contributed by atoms with Crippen LogP contribution in [0.2, 0.25) is 0 Å². The number of hydrogen-bond donors (Lipinski definition) is 1. The molecule has 4 rings (SSSR count). The van der Waals surface area contributed by atoms with Crippen molar-refractivity contribution >= 4 is 27.9 Å². The van der Waals surface area contributed by atoms with Crippen LogP contribution in [0.25, 0.3) is 22.5 Å². The fourth-order valence-electron chi connectivity index (χ4n) is 4.08. The minimum absolute atomic E-state index is 0.0200. The molecule has 0 bridgehead atoms. The lowest BCUT2D eigenvalue weighted by molar-refractivity contribution is -0.157. The first-order chi connectivity index (χ1) is 19.4. The molecule has 0 aliphatic rings. The molecule has 0 aliphatic carbocycles. The number of aromatic nitrogens is 6. The number of hydrogen-bond acceptors (Lipinski definition) is 10. The number of H-pyrrole nitrogens is 1. The molecule has 0 aliphatic heterocycles. The predicted molar refractivity (Wildman–Crippen MR) is 148 cm³/mol. The third-order valence-electron chi connectivity index (χ3n) is 5.83. The SMILES string of the molecule is CCOC(=O)C(C(=O)OCC)c1c(Br)c(OCC)nn(Cc2ccc(-c3ccccc3-c3nn[nH]n3)cc2)c1=O. The van der Waals surface area contributed by atoms with Gasteiger partial charge < -0.3 is 14.2 Å². The van der Waals surface area contributed by atoms with Crippen LogP contribution in [0.15, 0.2) is 57.8 Å². The van der Waals surface area contributed by atoms with Gasteiger partial charge in [0.1, 0.15) is 0 Å². The largest absolute Gasteiger partial charge is 0.476 e. The van der Waals surface area contributed by atoms with Crippen LogP contribution in [0.5, 0.6) is 5.88 Å². The molecule has 2 aromatic heterocycles. The van der Waals surface area contributed by atoms with E-state index in [1.54, 1.807) is 20.8 Å². The van der Waals surface area contributed by atoms with E-state index in [2.05, 4.69) is 41.7 Å². The Labute approximate surface area is 237 Å². The van der Waals surface area contributed by atoms with E-state index in [1.165, 1.54) is 0 Å². The van der Waals surface area contributed by atoms with E-state index in [4.69, 9.17) is 14.2 Å². The summed E-state index contributed by atoms with van der Waals surface area (Å²) in [5, 5.41) is 18.6. The Kier molecular flexibility index (Phi) is 9.38. The number of nitrogens with zero attached hydrogens (tertiary/aromatic N) is 5. The molecule has 12 nitrogen and oxygen atoms in total. The highest BCUT2D eigenvalue weighted by molar-refractivity contribution is 9.10. The minimum atomic E-state index is -1.61. The standard InChI is InChI=1S/C27H27BrN6O6/c1-4-38-24-22(28)20(21(26(36)39-5-2)27(37)40-6-3)25(35)34(31-24)15-16-11-13-17(14-12-16)18-9-7-8-10-19(18)23-29-32-33-30-23/h7-14,21H,4-6,15H2,1-3H3,(H,29,30,32,33). The van der Waals surface area contributed by atoms with Crippen molar-refractivity contribution < 1.29 is 23.8 Å². The van der Waals surface area contributed by atoms with Crippen molar-refractivity contribution in [2.45, 2.75) is 33.2 Å². The molecule has 0 fully saturated rings. The van der Waals surface area contributed by atoms with Crippen molar-refractivity contribution in [3.63, 3.8) is 0 Å². The molecule has 13 heteroatoms. The van der Waals surface area contributed by atoms with Crippen molar-refractivity contribution in [1.29, 1.82) is 0 Å². The van der Waals surface area contributed by atoms with Crippen LogP contribution in [0.1, 0.15) is 37.8 Å². The molecule has 4 aromatic rings. The lowest BCUT2D eigenvalue weighted by Crippen LogP contribution is -2.36. The van der Waals surface area contributed by atoms with E-state index in [1.807, 2.05) is 48.5 Å². The van der Waals surface area contributed by atoms with Crippen molar-refractivity contribution in [3.8, 4) is 28.4 Å². The first kappa shape index (κ1) is 28.6. The molecule has 40 heavy (non-hydrogen) atoms. The van der Waals surface area contributed by atoms with Gasteiger partial charge >= 0.3 is 11.9 Å². The van der Waals surface area contributed by atoms with Crippen LogP contribution in [0.4, 0.5) is 0 Å². The van der Waals surface area contributed by atoms with Crippen LogP contribution in [-0.2, 0) is 25.6 Å². The molecule has 0 atom stereocenters. The topological polar surface area (TPSA) is 151 Å². The Morgan fingerprint density at radius 2 is 1.60 bits per heavy atom. The van der Waals surface area contributed by atoms with Crippen molar-refractivity contribution in [2.75, 3.05) is 19.8 Å². The third kappa shape index (κ3) is 6.09. The average molecular weight is 611 g/mol. The zero-order valence-electron chi connectivity index (χ0n) is 22.1. The maximum absolute atomic E-state index is 13.7. The van der Waals surface area contributed by atoms with Gasteiger partial charge in [0, 0.05) is 5.56 Å². The Morgan fingerprint density at radius 1 is 0.950 bits per heavy atom. The maximum atomic E-state index is 13.7. The molecule has 2 heterocycles. The van der Waals surface area contributed by atoms with Crippen LogP contribution in [0, 0.1) is 0 Å². The summed E-state index contributed by atoms with van der Waals surface area (Å²) in [7, 11) is 0. The molecule has 0 unspecified atom stereocenters. The van der Waals surface area contributed by atoms with Gasteiger partial charge in [-0.25, -0.2) is 4.68 Å². The van der Waals surface area contributed by atoms with Gasteiger partial charge in [-0.15, -0.1) is 15.3 Å². The predicted octanol–water partition coefficient (Wildman–Crippen LogP) is 3.51. The molecule has 0 saturated heterocycles. The number of rotatable bonds is 11. The van der Waals surface area contributed by atoms with Crippen molar-refractivity contribution in [2.24, 2.45) is 0 Å². The minimum Gasteiger partial charge on any atom is -0.476 e. The van der Waals surface area contributed by atoms with Crippen LogP contribution in [0.3, 0.4) is 0 Å². The summed E-state index contributed by atoms with van der Waals surface area (Å²) in [5.41, 5.74) is 2.54. The Bertz CT molecular complexity index is 1520. The van der Waals surface area contributed by atoms with Gasteiger partial charge in [0.05, 0.1) is 36.4 Å². The van der Waals surface area contributed by atoms with E-state index in [0.29, 0.717) is 5.82 Å². The fourth-order valence-corrected chi connectivity index (χ4v) is 4.68. The second kappa shape index (κ2) is 13.1. The average Bonchev–Trinajstić information content (AvgIpc) is 3.49. The molecular formula is C27H27BrN6O6. The number of carbonyl (C=O) groups excluding carboxylic acids is 2. The summed E-state index contributed by atoms with van der Waals surface area (Å²) < 4.78 is 17.1. The zero-order chi connectivity index (χ0) is 28.6. The van der Waals surface area contributed by atoms with E-state index in [0.717, 1.165) is 26.9 Å². The van der Waals surface area contributed by atoms with Gasteiger partial charge in [-0.2, -0.15) is 5.21 Å². The molecule has 1 N–H and O–H groups in total. The summed E-state index contributed by atoms with van der Waals surface area (Å²) in [6.45, 7) is 5.29. The highest BCUT2D eigenvalue weighted by atomic mass is 79.9. The second-order valence-corrected chi connectivity index (χ2v) is 9.14. The summed E-state index contributed by atoms with van der Waals surface area (Å²) in [4.78, 5) is 39.3. The van der Waals surface area contributed by atoms with Crippen LogP contribution in [-0.4, -0.2) is 62.2 Å². The molecule has 0 radical (unpaired) electrons. The summed E-state index contributed by atoms with van der Waals surface area (Å²) in [5.74, 6) is -2.88. The van der Waals surface area contributed by atoms with Crippen LogP contribution >= 0.6 is 15.9 Å². The number of tetrazole rings is 1. The third-order valence-corrected chi connectivity index (χ3v) is 6.59. The fraction of sp³-hybridized carbons (Fsp3) is 0.296. The highest BCUT2D eigenvalue weighted by Gasteiger charge is 2.37. The highest BCUT2D eigenvalue weighted by Crippen LogP contribution is 2.32. The number of halogens is 1. The van der Waals surface area contributed by atoms with Crippen LogP contribution < -0.4 is 10.3 Å². The Morgan fingerprint density at radius 3 is 2.17 bits per heavy atom. The number of ether oxygens (including phenoxy) is 3. The number of esters is 2. The van der Waals surface area contributed by atoms with Gasteiger partial charge in [0.15, 0.2) is 5.92 Å². The molecular weight excluding hydrogens is 584 g/mol. The van der Waals surface area contributed by atoms with Gasteiger partial charge in [0.25, 0.3) is 5.56 Å². The normalized spacial score (nSPS) is 10.9. The monoisotopic (exact) mass is 610 g/mol. The second-order valence-electron chi connectivity index (χ2n) is 8.34. The van der Waals surface area contributed by atoms with Gasteiger partial charge in [0.2, 0.25) is 11.7 Å². The van der Waals surface area contributed by atoms with Crippen molar-refractivity contribution in [1.82, 2.24) is 30.4 Å². The number of benzene rings is 2. The summed E-state index contributed by atoms with van der Waals surface area (Å²) in [6.07, 6.45) is 0. The van der Waals surface area contributed by atoms with Crippen molar-refractivity contribution in [3.05, 3.63) is 74.5 Å². The Hall–Kier alpha value is -4.39. The number of nitrogens with one attached hydrogen (secondary N) is 1. The molecule has 208 valence electrons. The summed E-state index contributed by atoms with van der Waals surface area (Å²) in [6, 6.07) is 15.2. The number of aromatic amines is 1. The lowest BCUT2D eigenvalue weighted by atomic mass is 9.98. The first-order valence-corrected chi connectivity index (χ1v) is 13.4. The van der Waals surface area contributed by atoms with Gasteiger partial charge in [-0.3, -0.25) is 14.4 Å². The molecule has 2 aromatic carbocycles. The van der Waals surface area contributed by atoms with Gasteiger partial charge in [-0.1, -0.05) is 48.5 Å². The maximum Gasteiger partial charge on any atom is 0.325 e. The quantitative estimate of drug-likeness (QED) is 0.197. The zero-order valence-corrected chi connectivity index (χ0v) is 23.7. The number of carbonyl (C=O) groups is 2. The molecule has 0 saturated carbocycles. The van der Waals surface area contributed by atoms with E-state index in [-0.39, 0.29) is 42.3 Å². The first-order valence-electron chi connectivity index (χ1n) is 12.6. The Balaban J connectivity index is 1.73. The van der Waals surface area contributed by atoms with E-state index >= 15 is 0 Å². The lowest BCUT2D eigenvalue weighted by Gasteiger charge is -2.18. The molecule has 0 spiro atoms. The smallest absolute Gasteiger partial charge is 0.325 e. The summed E-state index contributed by atoms with van der Waals surface area (Å²) >= 11 is 3.32. The van der Waals surface area contributed by atoms with Gasteiger partial charge in [-0.05, 0) is 58.6 Å². The van der Waals surface area contributed by atoms with E-state index in [9.17, 15) is 14.4 Å². The molecule has 0 amide bonds.